The summed E-state index contributed by atoms with van der Waals surface area (Å²) in [6.07, 6.45) is 8.48. The smallest absolute Gasteiger partial charge is 0.203 e. The van der Waals surface area contributed by atoms with Gasteiger partial charge >= 0.3 is 0 Å². The Hall–Kier alpha value is -2.85. The van der Waals surface area contributed by atoms with E-state index in [1.807, 2.05) is 21.3 Å². The van der Waals surface area contributed by atoms with Gasteiger partial charge in [-0.3, -0.25) is 5.41 Å². The average molecular weight is 388 g/mol. The van der Waals surface area contributed by atoms with E-state index in [0.717, 1.165) is 23.9 Å². The average Bonchev–Trinajstić information content (AvgIpc) is 3.01. The summed E-state index contributed by atoms with van der Waals surface area (Å²) in [5.41, 5.74) is 6.19. The van der Waals surface area contributed by atoms with Crippen LogP contribution in [-0.2, 0) is 6.54 Å². The molecule has 2 aromatic carbocycles. The van der Waals surface area contributed by atoms with E-state index < -0.39 is 0 Å². The number of aliphatic hydroxyl groups is 1. The van der Waals surface area contributed by atoms with Gasteiger partial charge in [0.2, 0.25) is 5.62 Å². The highest BCUT2D eigenvalue weighted by molar-refractivity contribution is 5.76. The number of allylic oxidation sites excluding steroid dienone is 4. The Kier molecular flexibility index (Phi) is 5.54. The van der Waals surface area contributed by atoms with Gasteiger partial charge in [0, 0.05) is 0 Å². The second-order valence-corrected chi connectivity index (χ2v) is 8.13. The molecule has 2 atom stereocenters. The summed E-state index contributed by atoms with van der Waals surface area (Å²) in [5.74, 6) is 0.391. The standard InChI is InChI=1S/C25H29N3O/c1-18-7-11-20(12-8-18)15-22(17-29)28-24-6-4-3-5-23(24)27(25(28)26)16-21-13-9-19(2)10-14-21/h3-11,13-14,20,22,26,29H,12,15-17H2,1-2H3. The Morgan fingerprint density at radius 3 is 2.45 bits per heavy atom. The topological polar surface area (TPSA) is 53.9 Å². The first kappa shape index (κ1) is 19.5. The van der Waals surface area contributed by atoms with Gasteiger partial charge in [-0.15, -0.1) is 0 Å². The largest absolute Gasteiger partial charge is 0.394 e. The molecule has 4 rings (SSSR count). The van der Waals surface area contributed by atoms with Crippen molar-refractivity contribution in [1.82, 2.24) is 9.13 Å². The maximum absolute atomic E-state index is 10.2. The Balaban J connectivity index is 1.72. The van der Waals surface area contributed by atoms with Gasteiger partial charge in [0.15, 0.2) is 0 Å². The van der Waals surface area contributed by atoms with Crippen LogP contribution in [0.2, 0.25) is 0 Å². The second kappa shape index (κ2) is 8.26. The molecule has 0 bridgehead atoms. The zero-order valence-electron chi connectivity index (χ0n) is 17.2. The molecule has 0 fully saturated rings. The second-order valence-electron chi connectivity index (χ2n) is 8.13. The fraction of sp³-hybridized carbons (Fsp3) is 0.320. The van der Waals surface area contributed by atoms with E-state index in [-0.39, 0.29) is 12.6 Å². The van der Waals surface area contributed by atoms with Gasteiger partial charge in [0.05, 0.1) is 30.2 Å². The minimum atomic E-state index is -0.117. The van der Waals surface area contributed by atoms with Gasteiger partial charge in [0.25, 0.3) is 0 Å². The third kappa shape index (κ3) is 3.99. The van der Waals surface area contributed by atoms with Gasteiger partial charge in [-0.05, 0) is 50.3 Å². The van der Waals surface area contributed by atoms with Crippen LogP contribution >= 0.6 is 0 Å². The van der Waals surface area contributed by atoms with Crippen LogP contribution in [0.5, 0.6) is 0 Å². The van der Waals surface area contributed by atoms with Crippen molar-refractivity contribution in [2.45, 2.75) is 39.3 Å². The third-order valence-electron chi connectivity index (χ3n) is 5.90. The number of aromatic nitrogens is 2. The van der Waals surface area contributed by atoms with E-state index in [9.17, 15) is 5.11 Å². The van der Waals surface area contributed by atoms with Crippen molar-refractivity contribution in [1.29, 1.82) is 5.41 Å². The number of benzene rings is 2. The molecule has 1 aliphatic rings. The maximum Gasteiger partial charge on any atom is 0.203 e. The maximum atomic E-state index is 10.2. The van der Waals surface area contributed by atoms with Crippen molar-refractivity contribution < 1.29 is 5.11 Å². The van der Waals surface area contributed by atoms with Crippen molar-refractivity contribution >= 4 is 11.0 Å². The molecule has 2 N–H and O–H groups in total. The Labute approximate surface area is 171 Å². The number of nitrogens with one attached hydrogen (secondary N) is 1. The summed E-state index contributed by atoms with van der Waals surface area (Å²) >= 11 is 0. The molecule has 0 radical (unpaired) electrons. The molecule has 0 saturated carbocycles. The molecule has 0 spiro atoms. The predicted octanol–water partition coefficient (Wildman–Crippen LogP) is 4.72. The van der Waals surface area contributed by atoms with Gasteiger partial charge in [-0.2, -0.15) is 0 Å². The Morgan fingerprint density at radius 2 is 1.79 bits per heavy atom. The van der Waals surface area contributed by atoms with E-state index in [1.165, 1.54) is 16.7 Å². The number of para-hydroxylation sites is 2. The van der Waals surface area contributed by atoms with E-state index in [0.29, 0.717) is 18.1 Å². The van der Waals surface area contributed by atoms with Crippen molar-refractivity contribution in [3.05, 3.63) is 89.1 Å². The Bertz CT molecular complexity index is 1120. The number of aliphatic hydroxyl groups excluding tert-OH is 1. The molecule has 0 aliphatic heterocycles. The van der Waals surface area contributed by atoms with Gasteiger partial charge in [-0.25, -0.2) is 0 Å². The Morgan fingerprint density at radius 1 is 1.07 bits per heavy atom. The number of fused-ring (bicyclic) bond motifs is 1. The molecule has 0 saturated heterocycles. The SMILES string of the molecule is CC1=CCC(CC(CO)n2c(=N)n(Cc3ccc(C)cc3)c3ccccc32)C=C1. The summed E-state index contributed by atoms with van der Waals surface area (Å²) in [4.78, 5) is 0. The first-order valence-corrected chi connectivity index (χ1v) is 10.3. The van der Waals surface area contributed by atoms with E-state index >= 15 is 0 Å². The normalized spacial score (nSPS) is 17.5. The highest BCUT2D eigenvalue weighted by Crippen LogP contribution is 2.27. The fourth-order valence-corrected chi connectivity index (χ4v) is 4.22. The number of nitrogens with zero attached hydrogens (tertiary/aromatic N) is 2. The third-order valence-corrected chi connectivity index (χ3v) is 5.90. The van der Waals surface area contributed by atoms with E-state index in [4.69, 9.17) is 5.41 Å². The molecule has 150 valence electrons. The van der Waals surface area contributed by atoms with Crippen LogP contribution in [0.15, 0.2) is 72.3 Å². The number of hydrogen-bond acceptors (Lipinski definition) is 2. The van der Waals surface area contributed by atoms with Crippen molar-refractivity contribution in [2.75, 3.05) is 6.61 Å². The molecule has 2 unspecified atom stereocenters. The number of imidazole rings is 1. The van der Waals surface area contributed by atoms with Crippen LogP contribution in [0.3, 0.4) is 0 Å². The number of aryl methyl sites for hydroxylation is 1. The molecule has 0 amide bonds. The zero-order valence-corrected chi connectivity index (χ0v) is 17.2. The van der Waals surface area contributed by atoms with Crippen LogP contribution in [-0.4, -0.2) is 20.8 Å². The van der Waals surface area contributed by atoms with Gasteiger partial charge < -0.3 is 14.2 Å². The summed E-state index contributed by atoms with van der Waals surface area (Å²) in [7, 11) is 0. The van der Waals surface area contributed by atoms with Crippen LogP contribution in [0.25, 0.3) is 11.0 Å². The number of rotatable bonds is 6. The van der Waals surface area contributed by atoms with Crippen molar-refractivity contribution in [3.8, 4) is 0 Å². The highest BCUT2D eigenvalue weighted by atomic mass is 16.3. The lowest BCUT2D eigenvalue weighted by molar-refractivity contribution is 0.208. The van der Waals surface area contributed by atoms with Crippen LogP contribution in [0.1, 0.15) is 36.9 Å². The van der Waals surface area contributed by atoms with Crippen LogP contribution in [0, 0.1) is 18.3 Å². The summed E-state index contributed by atoms with van der Waals surface area (Å²) < 4.78 is 4.06. The number of hydrogen-bond donors (Lipinski definition) is 2. The molecule has 4 nitrogen and oxygen atoms in total. The minimum Gasteiger partial charge on any atom is -0.394 e. The quantitative estimate of drug-likeness (QED) is 0.631. The summed E-state index contributed by atoms with van der Waals surface area (Å²) in [6, 6.07) is 16.5. The van der Waals surface area contributed by atoms with Gasteiger partial charge in [-0.1, -0.05) is 65.8 Å². The lowest BCUT2D eigenvalue weighted by Crippen LogP contribution is -2.30. The summed E-state index contributed by atoms with van der Waals surface area (Å²) in [6.45, 7) is 4.88. The molecular weight excluding hydrogens is 358 g/mol. The van der Waals surface area contributed by atoms with E-state index in [2.05, 4.69) is 68.5 Å². The zero-order chi connectivity index (χ0) is 20.4. The van der Waals surface area contributed by atoms with Crippen molar-refractivity contribution in [2.24, 2.45) is 5.92 Å². The molecule has 1 heterocycles. The minimum absolute atomic E-state index is 0.0299. The van der Waals surface area contributed by atoms with Crippen molar-refractivity contribution in [3.63, 3.8) is 0 Å². The van der Waals surface area contributed by atoms with Gasteiger partial charge in [0.1, 0.15) is 0 Å². The molecule has 1 aromatic heterocycles. The monoisotopic (exact) mass is 387 g/mol. The first-order valence-electron chi connectivity index (χ1n) is 10.3. The molecule has 4 heteroatoms. The predicted molar refractivity (Wildman–Crippen MR) is 118 cm³/mol. The fourth-order valence-electron chi connectivity index (χ4n) is 4.22. The van der Waals surface area contributed by atoms with Crippen LogP contribution < -0.4 is 5.62 Å². The first-order chi connectivity index (χ1) is 14.1. The molecule has 1 aliphatic carbocycles. The lowest BCUT2D eigenvalue weighted by Gasteiger charge is -2.23. The highest BCUT2D eigenvalue weighted by Gasteiger charge is 2.21. The van der Waals surface area contributed by atoms with E-state index in [1.54, 1.807) is 0 Å². The summed E-state index contributed by atoms with van der Waals surface area (Å²) in [5, 5.41) is 19.2. The molecule has 29 heavy (non-hydrogen) atoms. The molecule has 3 aromatic rings. The lowest BCUT2D eigenvalue weighted by atomic mass is 9.91. The molecular formula is C25H29N3O. The van der Waals surface area contributed by atoms with Crippen LogP contribution in [0.4, 0.5) is 0 Å².